The van der Waals surface area contributed by atoms with Crippen LogP contribution in [0, 0.1) is 6.92 Å². The van der Waals surface area contributed by atoms with E-state index >= 15 is 0 Å². The van der Waals surface area contributed by atoms with Gasteiger partial charge >= 0.3 is 0 Å². The van der Waals surface area contributed by atoms with Crippen LogP contribution in [0.15, 0.2) is 23.1 Å². The highest BCUT2D eigenvalue weighted by atomic mass is 32.2. The maximum Gasteiger partial charge on any atom is 0.240 e. The molecule has 21 heavy (non-hydrogen) atoms. The second-order valence-corrected chi connectivity index (χ2v) is 7.39. The normalized spacial score (nSPS) is 12.3. The average Bonchev–Trinajstić information content (AvgIpc) is 2.43. The molecule has 0 saturated heterocycles. The quantitative estimate of drug-likeness (QED) is 0.713. The Morgan fingerprint density at radius 3 is 2.57 bits per heavy atom. The summed E-state index contributed by atoms with van der Waals surface area (Å²) in [6.07, 6.45) is 0.781. The molecule has 0 fully saturated rings. The molecular formula is C15H27N3O2S. The summed E-state index contributed by atoms with van der Waals surface area (Å²) in [5.41, 5.74) is 7.49. The second kappa shape index (κ2) is 7.89. The molecular weight excluding hydrogens is 286 g/mol. The molecule has 0 atom stereocenters. The van der Waals surface area contributed by atoms with Crippen molar-refractivity contribution in [2.45, 2.75) is 44.7 Å². The van der Waals surface area contributed by atoms with E-state index in [2.05, 4.69) is 23.5 Å². The highest BCUT2D eigenvalue weighted by Crippen LogP contribution is 2.15. The van der Waals surface area contributed by atoms with Crippen molar-refractivity contribution in [3.8, 4) is 0 Å². The van der Waals surface area contributed by atoms with Crippen molar-refractivity contribution in [3.05, 3.63) is 29.3 Å². The van der Waals surface area contributed by atoms with Gasteiger partial charge in [-0.3, -0.25) is 0 Å². The minimum absolute atomic E-state index is 0.283. The van der Waals surface area contributed by atoms with Gasteiger partial charge in [-0.05, 0) is 64.0 Å². The van der Waals surface area contributed by atoms with Crippen molar-refractivity contribution in [1.82, 2.24) is 9.62 Å². The molecule has 1 rings (SSSR count). The van der Waals surface area contributed by atoms with Gasteiger partial charge in [0.25, 0.3) is 0 Å². The number of benzene rings is 1. The molecule has 0 spiro atoms. The Morgan fingerprint density at radius 2 is 2.00 bits per heavy atom. The maximum atomic E-state index is 12.2. The number of hydrogen-bond donors (Lipinski definition) is 2. The van der Waals surface area contributed by atoms with Crippen LogP contribution in [0.4, 0.5) is 0 Å². The zero-order valence-electron chi connectivity index (χ0n) is 13.4. The Labute approximate surface area is 128 Å². The van der Waals surface area contributed by atoms with Gasteiger partial charge in [-0.15, -0.1) is 0 Å². The van der Waals surface area contributed by atoms with E-state index in [0.717, 1.165) is 24.1 Å². The molecule has 0 aliphatic carbocycles. The van der Waals surface area contributed by atoms with Gasteiger partial charge in [0.1, 0.15) is 0 Å². The monoisotopic (exact) mass is 313 g/mol. The van der Waals surface area contributed by atoms with E-state index in [1.165, 1.54) is 0 Å². The second-order valence-electron chi connectivity index (χ2n) is 5.62. The zero-order valence-corrected chi connectivity index (χ0v) is 14.2. The molecule has 0 aliphatic heterocycles. The molecule has 0 heterocycles. The van der Waals surface area contributed by atoms with Crippen LogP contribution < -0.4 is 10.5 Å². The van der Waals surface area contributed by atoms with Crippen LogP contribution in [-0.2, 0) is 16.6 Å². The van der Waals surface area contributed by atoms with Gasteiger partial charge in [0.15, 0.2) is 0 Å². The predicted molar refractivity (Wildman–Crippen MR) is 86.6 cm³/mol. The van der Waals surface area contributed by atoms with E-state index in [1.807, 2.05) is 14.0 Å². The smallest absolute Gasteiger partial charge is 0.240 e. The molecule has 120 valence electrons. The summed E-state index contributed by atoms with van der Waals surface area (Å²) >= 11 is 0. The van der Waals surface area contributed by atoms with Crippen LogP contribution in [0.2, 0.25) is 0 Å². The number of aryl methyl sites for hydroxylation is 1. The first-order chi connectivity index (χ1) is 9.77. The summed E-state index contributed by atoms with van der Waals surface area (Å²) in [5, 5.41) is 0. The zero-order chi connectivity index (χ0) is 16.0. The SMILES string of the molecule is Cc1ccc(S(=O)(=O)NCCCN(C)C(C)C)cc1CN. The number of hydrogen-bond acceptors (Lipinski definition) is 4. The third-order valence-corrected chi connectivity index (χ3v) is 5.17. The Bertz CT molecular complexity index is 556. The van der Waals surface area contributed by atoms with Crippen LogP contribution in [0.25, 0.3) is 0 Å². The van der Waals surface area contributed by atoms with Gasteiger partial charge in [-0.25, -0.2) is 13.1 Å². The molecule has 0 saturated carbocycles. The van der Waals surface area contributed by atoms with Crippen molar-refractivity contribution >= 4 is 10.0 Å². The number of nitrogens with one attached hydrogen (secondary N) is 1. The predicted octanol–water partition coefficient (Wildman–Crippen LogP) is 1.46. The first-order valence-electron chi connectivity index (χ1n) is 7.27. The summed E-state index contributed by atoms with van der Waals surface area (Å²) in [6, 6.07) is 5.53. The number of sulfonamides is 1. The van der Waals surface area contributed by atoms with Crippen LogP contribution in [-0.4, -0.2) is 39.5 Å². The van der Waals surface area contributed by atoms with E-state index in [9.17, 15) is 8.42 Å². The Kier molecular flexibility index (Phi) is 6.80. The molecule has 6 heteroatoms. The minimum Gasteiger partial charge on any atom is -0.326 e. The lowest BCUT2D eigenvalue weighted by Crippen LogP contribution is -2.31. The van der Waals surface area contributed by atoms with Crippen molar-refractivity contribution in [2.75, 3.05) is 20.1 Å². The molecule has 1 aromatic rings. The fourth-order valence-electron chi connectivity index (χ4n) is 1.91. The highest BCUT2D eigenvalue weighted by molar-refractivity contribution is 7.89. The van der Waals surface area contributed by atoms with Gasteiger partial charge in [-0.1, -0.05) is 6.07 Å². The Balaban J connectivity index is 2.62. The standard InChI is InChI=1S/C15H27N3O2S/c1-12(2)18(4)9-5-8-17-21(19,20)15-7-6-13(3)14(10-15)11-16/h6-7,10,12,17H,5,8-9,11,16H2,1-4H3. The van der Waals surface area contributed by atoms with Crippen molar-refractivity contribution < 1.29 is 8.42 Å². The van der Waals surface area contributed by atoms with E-state index in [1.54, 1.807) is 18.2 Å². The molecule has 1 aromatic carbocycles. The summed E-state index contributed by atoms with van der Waals surface area (Å²) in [7, 11) is -1.42. The molecule has 0 bridgehead atoms. The van der Waals surface area contributed by atoms with Gasteiger partial charge in [0.05, 0.1) is 4.90 Å². The van der Waals surface area contributed by atoms with Gasteiger partial charge in [-0.2, -0.15) is 0 Å². The first-order valence-corrected chi connectivity index (χ1v) is 8.75. The summed E-state index contributed by atoms with van der Waals surface area (Å²) in [6.45, 7) is 7.80. The third kappa shape index (κ3) is 5.39. The Hall–Kier alpha value is -0.950. The first kappa shape index (κ1) is 18.1. The molecule has 0 unspecified atom stereocenters. The summed E-state index contributed by atoms with van der Waals surface area (Å²) in [5.74, 6) is 0. The fraction of sp³-hybridized carbons (Fsp3) is 0.600. The third-order valence-electron chi connectivity index (χ3n) is 3.71. The fourth-order valence-corrected chi connectivity index (χ4v) is 3.04. The largest absolute Gasteiger partial charge is 0.326 e. The van der Waals surface area contributed by atoms with Crippen molar-refractivity contribution in [2.24, 2.45) is 5.73 Å². The summed E-state index contributed by atoms with van der Waals surface area (Å²) in [4.78, 5) is 2.47. The van der Waals surface area contributed by atoms with Crippen LogP contribution in [0.3, 0.4) is 0 Å². The average molecular weight is 313 g/mol. The molecule has 0 aliphatic rings. The Morgan fingerprint density at radius 1 is 1.33 bits per heavy atom. The van der Waals surface area contributed by atoms with Crippen LogP contribution in [0.5, 0.6) is 0 Å². The molecule has 5 nitrogen and oxygen atoms in total. The lowest BCUT2D eigenvalue weighted by atomic mass is 10.1. The van der Waals surface area contributed by atoms with E-state index in [4.69, 9.17) is 5.73 Å². The lowest BCUT2D eigenvalue weighted by Gasteiger charge is -2.20. The van der Waals surface area contributed by atoms with Crippen LogP contribution in [0.1, 0.15) is 31.4 Å². The number of nitrogens with two attached hydrogens (primary N) is 1. The van der Waals surface area contributed by atoms with E-state index in [0.29, 0.717) is 19.1 Å². The highest BCUT2D eigenvalue weighted by Gasteiger charge is 2.14. The number of nitrogens with zero attached hydrogens (tertiary/aromatic N) is 1. The van der Waals surface area contributed by atoms with E-state index in [-0.39, 0.29) is 4.90 Å². The van der Waals surface area contributed by atoms with Gasteiger partial charge in [0.2, 0.25) is 10.0 Å². The lowest BCUT2D eigenvalue weighted by molar-refractivity contribution is 0.271. The number of rotatable bonds is 8. The maximum absolute atomic E-state index is 12.2. The van der Waals surface area contributed by atoms with E-state index < -0.39 is 10.0 Å². The van der Waals surface area contributed by atoms with Gasteiger partial charge < -0.3 is 10.6 Å². The molecule has 3 N–H and O–H groups in total. The van der Waals surface area contributed by atoms with Crippen molar-refractivity contribution in [1.29, 1.82) is 0 Å². The van der Waals surface area contributed by atoms with Gasteiger partial charge in [0, 0.05) is 19.1 Å². The molecule has 0 radical (unpaired) electrons. The summed E-state index contributed by atoms with van der Waals surface area (Å²) < 4.78 is 27.1. The van der Waals surface area contributed by atoms with Crippen LogP contribution >= 0.6 is 0 Å². The topological polar surface area (TPSA) is 75.4 Å². The molecule has 0 aromatic heterocycles. The molecule has 0 amide bonds. The minimum atomic E-state index is -3.45. The van der Waals surface area contributed by atoms with Crippen molar-refractivity contribution in [3.63, 3.8) is 0 Å².